The predicted octanol–water partition coefficient (Wildman–Crippen LogP) is 6.24. The fourth-order valence-corrected chi connectivity index (χ4v) is 4.03. The van der Waals surface area contributed by atoms with Crippen LogP contribution in [0.25, 0.3) is 10.9 Å². The average Bonchev–Trinajstić information content (AvgIpc) is 3.14. The maximum absolute atomic E-state index is 14.3. The number of ether oxygens (including phenoxy) is 2. The van der Waals surface area contributed by atoms with Crippen molar-refractivity contribution in [3.05, 3.63) is 88.3 Å². The van der Waals surface area contributed by atoms with E-state index in [-0.39, 0.29) is 18.2 Å². The zero-order valence-corrected chi connectivity index (χ0v) is 21.5. The van der Waals surface area contributed by atoms with Gasteiger partial charge in [-0.3, -0.25) is 4.79 Å². The van der Waals surface area contributed by atoms with Crippen LogP contribution in [-0.2, 0) is 18.4 Å². The summed E-state index contributed by atoms with van der Waals surface area (Å²) in [5.41, 5.74) is 1.11. The van der Waals surface area contributed by atoms with E-state index in [0.29, 0.717) is 33.3 Å². The summed E-state index contributed by atoms with van der Waals surface area (Å²) in [5, 5.41) is 13.5. The molecule has 1 amide bonds. The SMILES string of the molecule is Cc1cc(Oc2cc(F)cc(CNC(=O)c3cc4cc(Cl)ccc4n3C)c2)ccc1OC(C)(C)C(=O)O. The minimum Gasteiger partial charge on any atom is -0.478 e. The van der Waals surface area contributed by atoms with Crippen LogP contribution in [0.2, 0.25) is 5.02 Å². The normalized spacial score (nSPS) is 11.4. The van der Waals surface area contributed by atoms with Gasteiger partial charge < -0.3 is 24.5 Å². The van der Waals surface area contributed by atoms with Crippen LogP contribution in [0, 0.1) is 12.7 Å². The highest BCUT2D eigenvalue weighted by atomic mass is 35.5. The van der Waals surface area contributed by atoms with Gasteiger partial charge in [0.1, 0.15) is 28.8 Å². The van der Waals surface area contributed by atoms with Crippen molar-refractivity contribution >= 4 is 34.4 Å². The molecule has 1 heterocycles. The number of amides is 1. The molecule has 9 heteroatoms. The number of fused-ring (bicyclic) bond motifs is 1. The predicted molar refractivity (Wildman–Crippen MR) is 139 cm³/mol. The van der Waals surface area contributed by atoms with Crippen molar-refractivity contribution in [2.24, 2.45) is 7.05 Å². The molecule has 0 saturated carbocycles. The van der Waals surface area contributed by atoms with Gasteiger partial charge in [0.2, 0.25) is 0 Å². The van der Waals surface area contributed by atoms with Gasteiger partial charge in [0.15, 0.2) is 5.60 Å². The van der Waals surface area contributed by atoms with Crippen molar-refractivity contribution in [1.29, 1.82) is 0 Å². The molecule has 7 nitrogen and oxygen atoms in total. The highest BCUT2D eigenvalue weighted by molar-refractivity contribution is 6.31. The number of nitrogens with one attached hydrogen (secondary N) is 1. The summed E-state index contributed by atoms with van der Waals surface area (Å²) in [6.45, 7) is 4.77. The molecule has 0 unspecified atom stereocenters. The quantitative estimate of drug-likeness (QED) is 0.284. The monoisotopic (exact) mass is 524 g/mol. The number of hydrogen-bond donors (Lipinski definition) is 2. The lowest BCUT2D eigenvalue weighted by Crippen LogP contribution is -2.38. The number of aliphatic carboxylic acids is 1. The Bertz CT molecular complexity index is 1510. The second kappa shape index (κ2) is 10.1. The number of carbonyl (C=O) groups excluding carboxylic acids is 1. The molecule has 0 fully saturated rings. The molecule has 0 spiro atoms. The molecule has 4 rings (SSSR count). The summed E-state index contributed by atoms with van der Waals surface area (Å²) in [7, 11) is 1.79. The smallest absolute Gasteiger partial charge is 0.347 e. The van der Waals surface area contributed by atoms with Gasteiger partial charge in [0.05, 0.1) is 0 Å². The van der Waals surface area contributed by atoms with Gasteiger partial charge in [0.25, 0.3) is 5.91 Å². The van der Waals surface area contributed by atoms with E-state index in [1.807, 2.05) is 6.07 Å². The second-order valence-corrected chi connectivity index (χ2v) is 9.65. The van der Waals surface area contributed by atoms with Gasteiger partial charge in [-0.05, 0) is 86.5 Å². The third-order valence-electron chi connectivity index (χ3n) is 5.88. The van der Waals surface area contributed by atoms with Crippen LogP contribution in [0.5, 0.6) is 17.2 Å². The minimum atomic E-state index is -1.39. The van der Waals surface area contributed by atoms with Crippen LogP contribution in [0.1, 0.15) is 35.5 Å². The molecule has 0 atom stereocenters. The number of benzene rings is 3. The van der Waals surface area contributed by atoms with Crippen LogP contribution in [-0.4, -0.2) is 27.2 Å². The fourth-order valence-electron chi connectivity index (χ4n) is 3.85. The van der Waals surface area contributed by atoms with E-state index < -0.39 is 17.4 Å². The van der Waals surface area contributed by atoms with E-state index in [0.717, 1.165) is 10.9 Å². The number of aryl methyl sites for hydroxylation is 2. The van der Waals surface area contributed by atoms with Crippen LogP contribution in [0.4, 0.5) is 4.39 Å². The van der Waals surface area contributed by atoms with Crippen LogP contribution < -0.4 is 14.8 Å². The molecule has 192 valence electrons. The first-order valence-corrected chi connectivity index (χ1v) is 11.8. The molecule has 0 aliphatic rings. The van der Waals surface area contributed by atoms with Crippen LogP contribution in [0.15, 0.2) is 60.7 Å². The van der Waals surface area contributed by atoms with Crippen molar-refractivity contribution in [2.45, 2.75) is 32.9 Å². The summed E-state index contributed by atoms with van der Waals surface area (Å²) in [5.74, 6) is -0.831. The molecule has 37 heavy (non-hydrogen) atoms. The summed E-state index contributed by atoms with van der Waals surface area (Å²) in [6.07, 6.45) is 0. The summed E-state index contributed by atoms with van der Waals surface area (Å²) < 4.78 is 27.5. The summed E-state index contributed by atoms with van der Waals surface area (Å²) in [6, 6.07) is 16.2. The van der Waals surface area contributed by atoms with E-state index in [4.69, 9.17) is 21.1 Å². The number of hydrogen-bond acceptors (Lipinski definition) is 4. The zero-order chi connectivity index (χ0) is 26.9. The van der Waals surface area contributed by atoms with Gasteiger partial charge >= 0.3 is 5.97 Å². The lowest BCUT2D eigenvalue weighted by Gasteiger charge is -2.23. The molecule has 1 aromatic heterocycles. The summed E-state index contributed by atoms with van der Waals surface area (Å²) >= 11 is 6.06. The second-order valence-electron chi connectivity index (χ2n) is 9.22. The molecular formula is C28H26ClFN2O5. The van der Waals surface area contributed by atoms with Crippen molar-refractivity contribution in [1.82, 2.24) is 9.88 Å². The Morgan fingerprint density at radius 1 is 1.05 bits per heavy atom. The maximum atomic E-state index is 14.3. The first-order valence-electron chi connectivity index (χ1n) is 11.5. The van der Waals surface area contributed by atoms with E-state index in [9.17, 15) is 19.1 Å². The number of carbonyl (C=O) groups is 2. The van der Waals surface area contributed by atoms with Gasteiger partial charge in [-0.25, -0.2) is 9.18 Å². The topological polar surface area (TPSA) is 89.8 Å². The van der Waals surface area contributed by atoms with Crippen molar-refractivity contribution < 1.29 is 28.6 Å². The van der Waals surface area contributed by atoms with Crippen molar-refractivity contribution in [2.75, 3.05) is 0 Å². The van der Waals surface area contributed by atoms with Gasteiger partial charge in [-0.1, -0.05) is 11.6 Å². The Balaban J connectivity index is 1.46. The lowest BCUT2D eigenvalue weighted by molar-refractivity contribution is -0.152. The molecule has 4 aromatic rings. The van der Waals surface area contributed by atoms with Gasteiger partial charge in [0, 0.05) is 35.6 Å². The number of carboxylic acids is 1. The molecule has 0 aliphatic heterocycles. The molecule has 0 aliphatic carbocycles. The standard InChI is InChI=1S/C28H26ClFN2O5/c1-16-9-21(6-8-25(16)37-28(2,3)27(34)35)36-22-11-17(10-20(30)14-22)15-31-26(33)24-13-18-12-19(29)5-7-23(18)32(24)4/h5-14H,15H2,1-4H3,(H,31,33)(H,34,35). The van der Waals surface area contributed by atoms with Crippen LogP contribution in [0.3, 0.4) is 0 Å². The Kier molecular flexibility index (Phi) is 7.14. The first kappa shape index (κ1) is 26.0. The Labute approximate surface area is 218 Å². The number of carboxylic acid groups (broad SMARTS) is 1. The fraction of sp³-hybridized carbons (Fsp3) is 0.214. The average molecular weight is 525 g/mol. The largest absolute Gasteiger partial charge is 0.478 e. The Hall–Kier alpha value is -4.04. The van der Waals surface area contributed by atoms with Crippen LogP contribution >= 0.6 is 11.6 Å². The number of aromatic nitrogens is 1. The molecule has 3 aromatic carbocycles. The molecule has 0 radical (unpaired) electrons. The Morgan fingerprint density at radius 3 is 2.51 bits per heavy atom. The number of nitrogens with zero attached hydrogens (tertiary/aromatic N) is 1. The van der Waals surface area contributed by atoms with Gasteiger partial charge in [-0.2, -0.15) is 0 Å². The third kappa shape index (κ3) is 5.86. The van der Waals surface area contributed by atoms with Crippen molar-refractivity contribution in [3.8, 4) is 17.2 Å². The van der Waals surface area contributed by atoms with Gasteiger partial charge in [-0.15, -0.1) is 0 Å². The van der Waals surface area contributed by atoms with E-state index >= 15 is 0 Å². The van der Waals surface area contributed by atoms with E-state index in [1.165, 1.54) is 26.0 Å². The van der Waals surface area contributed by atoms with Crippen molar-refractivity contribution in [3.63, 3.8) is 0 Å². The summed E-state index contributed by atoms with van der Waals surface area (Å²) in [4.78, 5) is 24.2. The van der Waals surface area contributed by atoms with E-state index in [2.05, 4.69) is 5.32 Å². The lowest BCUT2D eigenvalue weighted by atomic mass is 10.1. The first-order chi connectivity index (χ1) is 17.4. The Morgan fingerprint density at radius 2 is 1.81 bits per heavy atom. The minimum absolute atomic E-state index is 0.0886. The third-order valence-corrected chi connectivity index (χ3v) is 6.12. The molecule has 0 bridgehead atoms. The van der Waals surface area contributed by atoms with E-state index in [1.54, 1.807) is 61.0 Å². The zero-order valence-electron chi connectivity index (χ0n) is 20.8. The highest BCUT2D eigenvalue weighted by Crippen LogP contribution is 2.30. The number of rotatable bonds is 8. The maximum Gasteiger partial charge on any atom is 0.347 e. The molecule has 2 N–H and O–H groups in total. The molecule has 0 saturated heterocycles. The number of halogens is 2. The molecular weight excluding hydrogens is 499 g/mol. The highest BCUT2D eigenvalue weighted by Gasteiger charge is 2.30.